The molecule has 1 saturated heterocycles. The van der Waals surface area contributed by atoms with Gasteiger partial charge in [0.2, 0.25) is 0 Å². The zero-order valence-electron chi connectivity index (χ0n) is 20.5. The van der Waals surface area contributed by atoms with Crippen molar-refractivity contribution in [1.82, 2.24) is 4.98 Å². The molecule has 1 unspecified atom stereocenters. The Bertz CT molecular complexity index is 1570. The lowest BCUT2D eigenvalue weighted by Gasteiger charge is -2.25. The van der Waals surface area contributed by atoms with Crippen molar-refractivity contribution >= 4 is 45.6 Å². The molecular formula is C29H25ClN2O5. The SMILES string of the molecule is CCOc1cccc(N2C(=O)C(=O)/C(=C(/O)c3cc(C)cc(Cl)c3OC)C2c2c[nH]c3ccccc23)c1. The number of aryl methyl sites for hydroxylation is 1. The van der Waals surface area contributed by atoms with E-state index in [0.29, 0.717) is 23.6 Å². The van der Waals surface area contributed by atoms with E-state index in [1.807, 2.05) is 38.1 Å². The summed E-state index contributed by atoms with van der Waals surface area (Å²) in [6, 6.07) is 17.0. The first-order valence-electron chi connectivity index (χ1n) is 11.8. The average Bonchev–Trinajstić information content (AvgIpc) is 3.42. The highest BCUT2D eigenvalue weighted by molar-refractivity contribution is 6.52. The van der Waals surface area contributed by atoms with Gasteiger partial charge in [-0.1, -0.05) is 35.9 Å². The first-order valence-corrected chi connectivity index (χ1v) is 12.2. The molecule has 8 heteroatoms. The molecule has 3 aromatic carbocycles. The summed E-state index contributed by atoms with van der Waals surface area (Å²) in [5, 5.41) is 12.7. The van der Waals surface area contributed by atoms with Gasteiger partial charge in [0.1, 0.15) is 17.3 Å². The number of H-pyrrole nitrogens is 1. The Kier molecular flexibility index (Phi) is 6.39. The van der Waals surface area contributed by atoms with Crippen LogP contribution in [-0.4, -0.2) is 35.5 Å². The van der Waals surface area contributed by atoms with Crippen LogP contribution in [0.4, 0.5) is 5.69 Å². The van der Waals surface area contributed by atoms with Crippen molar-refractivity contribution in [3.63, 3.8) is 0 Å². The van der Waals surface area contributed by atoms with Crippen molar-refractivity contribution in [3.8, 4) is 11.5 Å². The van der Waals surface area contributed by atoms with Crippen LogP contribution in [0.2, 0.25) is 5.02 Å². The summed E-state index contributed by atoms with van der Waals surface area (Å²) in [4.78, 5) is 31.8. The number of rotatable bonds is 6. The van der Waals surface area contributed by atoms with E-state index in [9.17, 15) is 14.7 Å². The van der Waals surface area contributed by atoms with Crippen LogP contribution in [0.3, 0.4) is 0 Å². The number of hydrogen-bond acceptors (Lipinski definition) is 5. The molecule has 1 amide bonds. The number of para-hydroxylation sites is 1. The van der Waals surface area contributed by atoms with Crippen LogP contribution in [0.1, 0.15) is 29.7 Å². The number of carbonyl (C=O) groups excluding carboxylic acids is 2. The number of aliphatic hydroxyl groups is 1. The molecule has 7 nitrogen and oxygen atoms in total. The predicted octanol–water partition coefficient (Wildman–Crippen LogP) is 6.16. The second-order valence-corrected chi connectivity index (χ2v) is 9.12. The standard InChI is InChI=1S/C29H25ClN2O5/c1-4-37-18-9-7-8-17(14-18)32-25(21-15-31-23-11-6-5-10-19(21)23)24(27(34)29(32)35)26(33)20-12-16(2)13-22(30)28(20)36-3/h5-15,25,31,33H,4H2,1-3H3/b26-24+. The van der Waals surface area contributed by atoms with E-state index in [1.165, 1.54) is 12.0 Å². The van der Waals surface area contributed by atoms with Crippen LogP contribution in [0, 0.1) is 6.92 Å². The van der Waals surface area contributed by atoms with Crippen molar-refractivity contribution in [3.05, 3.63) is 94.1 Å². The summed E-state index contributed by atoms with van der Waals surface area (Å²) >= 11 is 6.40. The number of aromatic amines is 1. The van der Waals surface area contributed by atoms with Crippen LogP contribution in [-0.2, 0) is 9.59 Å². The van der Waals surface area contributed by atoms with Crippen LogP contribution in [0.15, 0.2) is 72.4 Å². The summed E-state index contributed by atoms with van der Waals surface area (Å²) < 4.78 is 11.1. The molecule has 1 atom stereocenters. The number of methoxy groups -OCH3 is 1. The van der Waals surface area contributed by atoms with Gasteiger partial charge < -0.3 is 19.6 Å². The molecule has 2 heterocycles. The Morgan fingerprint density at radius 2 is 1.89 bits per heavy atom. The number of Topliss-reactive ketones (excluding diaryl/α,β-unsaturated/α-hetero) is 1. The van der Waals surface area contributed by atoms with Crippen LogP contribution in [0.25, 0.3) is 16.7 Å². The third-order valence-electron chi connectivity index (χ3n) is 6.41. The number of aliphatic hydroxyl groups excluding tert-OH is 1. The Labute approximate surface area is 218 Å². The summed E-state index contributed by atoms with van der Waals surface area (Å²) in [5.41, 5.74) is 2.90. The van der Waals surface area contributed by atoms with Gasteiger partial charge in [0.15, 0.2) is 0 Å². The Balaban J connectivity index is 1.80. The topological polar surface area (TPSA) is 91.9 Å². The number of carbonyl (C=O) groups is 2. The molecule has 188 valence electrons. The minimum atomic E-state index is -0.919. The fourth-order valence-corrected chi connectivity index (χ4v) is 5.21. The molecular weight excluding hydrogens is 492 g/mol. The minimum Gasteiger partial charge on any atom is -0.507 e. The molecule has 1 aromatic heterocycles. The number of ketones is 1. The average molecular weight is 517 g/mol. The van der Waals surface area contributed by atoms with Crippen molar-refractivity contribution < 1.29 is 24.2 Å². The first-order chi connectivity index (χ1) is 17.8. The largest absolute Gasteiger partial charge is 0.507 e. The number of anilines is 1. The molecule has 5 rings (SSSR count). The molecule has 1 aliphatic rings. The number of hydrogen-bond donors (Lipinski definition) is 2. The summed E-state index contributed by atoms with van der Waals surface area (Å²) in [6.07, 6.45) is 1.76. The van der Waals surface area contributed by atoms with E-state index in [-0.39, 0.29) is 27.7 Å². The summed E-state index contributed by atoms with van der Waals surface area (Å²) in [7, 11) is 1.43. The lowest BCUT2D eigenvalue weighted by Crippen LogP contribution is -2.29. The smallest absolute Gasteiger partial charge is 0.300 e. The number of fused-ring (bicyclic) bond motifs is 1. The van der Waals surface area contributed by atoms with Gasteiger partial charge in [-0.15, -0.1) is 0 Å². The van der Waals surface area contributed by atoms with Crippen LogP contribution >= 0.6 is 11.6 Å². The van der Waals surface area contributed by atoms with Crippen molar-refractivity contribution in [2.24, 2.45) is 0 Å². The van der Waals surface area contributed by atoms with Gasteiger partial charge in [-0.05, 0) is 49.7 Å². The van der Waals surface area contributed by atoms with E-state index in [4.69, 9.17) is 21.1 Å². The first kappa shape index (κ1) is 24.5. The fraction of sp³-hybridized carbons (Fsp3) is 0.172. The maximum absolute atomic E-state index is 13.6. The Morgan fingerprint density at radius 1 is 1.11 bits per heavy atom. The molecule has 0 saturated carbocycles. The maximum atomic E-state index is 13.6. The fourth-order valence-electron chi connectivity index (χ4n) is 4.86. The van der Waals surface area contributed by atoms with Crippen LogP contribution < -0.4 is 14.4 Å². The molecule has 2 N–H and O–H groups in total. The number of ether oxygens (including phenoxy) is 2. The van der Waals surface area contributed by atoms with Gasteiger partial charge in [0, 0.05) is 34.4 Å². The van der Waals surface area contributed by atoms with E-state index >= 15 is 0 Å². The normalized spacial score (nSPS) is 17.0. The predicted molar refractivity (Wildman–Crippen MR) is 143 cm³/mol. The van der Waals surface area contributed by atoms with Crippen molar-refractivity contribution in [1.29, 1.82) is 0 Å². The molecule has 4 aromatic rings. The van der Waals surface area contributed by atoms with E-state index in [2.05, 4.69) is 4.98 Å². The maximum Gasteiger partial charge on any atom is 0.300 e. The lowest BCUT2D eigenvalue weighted by molar-refractivity contribution is -0.132. The van der Waals surface area contributed by atoms with E-state index in [1.54, 1.807) is 42.6 Å². The van der Waals surface area contributed by atoms with E-state index < -0.39 is 17.7 Å². The molecule has 1 fully saturated rings. The second-order valence-electron chi connectivity index (χ2n) is 8.72. The summed E-state index contributed by atoms with van der Waals surface area (Å²) in [6.45, 7) is 4.13. The van der Waals surface area contributed by atoms with Gasteiger partial charge in [-0.25, -0.2) is 0 Å². The number of halogens is 1. The number of nitrogens with zero attached hydrogens (tertiary/aromatic N) is 1. The second kappa shape index (κ2) is 9.67. The minimum absolute atomic E-state index is 0.0588. The third-order valence-corrected chi connectivity index (χ3v) is 6.69. The Hall–Kier alpha value is -4.23. The zero-order chi connectivity index (χ0) is 26.3. The van der Waals surface area contributed by atoms with Gasteiger partial charge in [-0.2, -0.15) is 0 Å². The van der Waals surface area contributed by atoms with E-state index in [0.717, 1.165) is 16.5 Å². The number of nitrogens with one attached hydrogen (secondary N) is 1. The highest BCUT2D eigenvalue weighted by Crippen LogP contribution is 2.46. The van der Waals surface area contributed by atoms with Gasteiger partial charge in [-0.3, -0.25) is 14.5 Å². The highest BCUT2D eigenvalue weighted by Gasteiger charge is 2.48. The highest BCUT2D eigenvalue weighted by atomic mass is 35.5. The molecule has 0 spiro atoms. The van der Waals surface area contributed by atoms with Gasteiger partial charge in [0.25, 0.3) is 11.7 Å². The Morgan fingerprint density at radius 3 is 2.65 bits per heavy atom. The zero-order valence-corrected chi connectivity index (χ0v) is 21.3. The molecule has 0 bridgehead atoms. The molecule has 37 heavy (non-hydrogen) atoms. The lowest BCUT2D eigenvalue weighted by atomic mass is 9.94. The van der Waals surface area contributed by atoms with Gasteiger partial charge in [0.05, 0.1) is 35.9 Å². The van der Waals surface area contributed by atoms with Crippen molar-refractivity contribution in [2.45, 2.75) is 19.9 Å². The summed E-state index contributed by atoms with van der Waals surface area (Å²) in [5.74, 6) is -1.16. The van der Waals surface area contributed by atoms with Crippen LogP contribution in [0.5, 0.6) is 11.5 Å². The number of benzene rings is 3. The molecule has 1 aliphatic heterocycles. The quantitative estimate of drug-likeness (QED) is 0.182. The third kappa shape index (κ3) is 4.11. The molecule has 0 aliphatic carbocycles. The van der Waals surface area contributed by atoms with Crippen molar-refractivity contribution in [2.75, 3.05) is 18.6 Å². The monoisotopic (exact) mass is 516 g/mol. The number of aromatic nitrogens is 1. The van der Waals surface area contributed by atoms with Gasteiger partial charge >= 0.3 is 0 Å². The number of amides is 1. The molecule has 0 radical (unpaired) electrons.